The van der Waals surface area contributed by atoms with Crippen LogP contribution in [0.3, 0.4) is 0 Å². The summed E-state index contributed by atoms with van der Waals surface area (Å²) in [6, 6.07) is 15.8. The first-order valence-corrected chi connectivity index (χ1v) is 10.3. The Balaban J connectivity index is 1.88. The predicted octanol–water partition coefficient (Wildman–Crippen LogP) is 5.12. The topological polar surface area (TPSA) is 70.6 Å². The second-order valence-corrected chi connectivity index (χ2v) is 7.28. The highest BCUT2D eigenvalue weighted by atomic mass is 16.2. The lowest BCUT2D eigenvalue weighted by Crippen LogP contribution is -2.22. The molecule has 2 aromatic carbocycles. The maximum atomic E-state index is 12.2. The Bertz CT molecular complexity index is 844. The highest BCUT2D eigenvalue weighted by Gasteiger charge is 2.10. The number of aryl methyl sites for hydroxylation is 2. The normalized spacial score (nSPS) is 11.2. The van der Waals surface area contributed by atoms with Crippen LogP contribution >= 0.6 is 0 Å². The summed E-state index contributed by atoms with van der Waals surface area (Å²) in [5.41, 5.74) is 7.36. The summed E-state index contributed by atoms with van der Waals surface area (Å²) < 4.78 is 0. The van der Waals surface area contributed by atoms with Crippen molar-refractivity contribution in [3.8, 4) is 0 Å². The molecule has 154 valence electrons. The van der Waals surface area contributed by atoms with E-state index in [1.807, 2.05) is 62.4 Å². The van der Waals surface area contributed by atoms with Gasteiger partial charge in [-0.05, 0) is 49.4 Å². The van der Waals surface area contributed by atoms with Crippen molar-refractivity contribution in [2.24, 2.45) is 5.10 Å². The van der Waals surface area contributed by atoms with E-state index in [0.717, 1.165) is 53.8 Å². The fourth-order valence-corrected chi connectivity index (χ4v) is 2.93. The van der Waals surface area contributed by atoms with Gasteiger partial charge >= 0.3 is 0 Å². The van der Waals surface area contributed by atoms with Crippen LogP contribution in [0.15, 0.2) is 53.6 Å². The lowest BCUT2D eigenvalue weighted by atomic mass is 10.0. The molecule has 0 fully saturated rings. The molecule has 0 saturated heterocycles. The first-order chi connectivity index (χ1) is 14.0. The quantitative estimate of drug-likeness (QED) is 0.334. The first-order valence-electron chi connectivity index (χ1n) is 10.3. The van der Waals surface area contributed by atoms with Crippen LogP contribution in [-0.4, -0.2) is 17.5 Å². The van der Waals surface area contributed by atoms with E-state index in [0.29, 0.717) is 0 Å². The zero-order chi connectivity index (χ0) is 21.1. The van der Waals surface area contributed by atoms with Gasteiger partial charge in [0.05, 0.1) is 5.71 Å². The zero-order valence-corrected chi connectivity index (χ0v) is 17.6. The molecule has 0 unspecified atom stereocenters. The van der Waals surface area contributed by atoms with Gasteiger partial charge in [0.15, 0.2) is 0 Å². The average Bonchev–Trinajstić information content (AvgIpc) is 2.72. The number of unbranched alkanes of at least 4 members (excludes halogenated alkanes) is 2. The smallest absolute Gasteiger partial charge is 0.240 e. The molecule has 0 heterocycles. The van der Waals surface area contributed by atoms with Gasteiger partial charge in [0, 0.05) is 18.5 Å². The van der Waals surface area contributed by atoms with Crippen molar-refractivity contribution in [1.82, 2.24) is 5.43 Å². The Labute approximate surface area is 173 Å². The number of hydrogen-bond donors (Lipinski definition) is 2. The molecular weight excluding hydrogens is 362 g/mol. The molecule has 2 aromatic rings. The van der Waals surface area contributed by atoms with Gasteiger partial charge in [0.25, 0.3) is 0 Å². The number of rotatable bonds is 10. The third kappa shape index (κ3) is 7.90. The summed E-state index contributed by atoms with van der Waals surface area (Å²) in [6.45, 7) is 6.08. The van der Waals surface area contributed by atoms with Crippen LogP contribution in [0.4, 0.5) is 5.69 Å². The largest absolute Gasteiger partial charge is 0.326 e. The Morgan fingerprint density at radius 2 is 1.62 bits per heavy atom. The van der Waals surface area contributed by atoms with Gasteiger partial charge in [-0.3, -0.25) is 9.59 Å². The molecule has 5 heteroatoms. The second kappa shape index (κ2) is 11.8. The minimum Gasteiger partial charge on any atom is -0.326 e. The monoisotopic (exact) mass is 393 g/mol. The van der Waals surface area contributed by atoms with E-state index in [1.165, 1.54) is 0 Å². The van der Waals surface area contributed by atoms with Crippen molar-refractivity contribution in [3.05, 3.63) is 65.2 Å². The van der Waals surface area contributed by atoms with E-state index in [1.54, 1.807) is 0 Å². The number of carbonyl (C=O) groups excluding carboxylic acids is 2. The maximum absolute atomic E-state index is 12.2. The molecule has 5 nitrogen and oxygen atoms in total. The van der Waals surface area contributed by atoms with Crippen molar-refractivity contribution in [2.45, 2.75) is 59.3 Å². The summed E-state index contributed by atoms with van der Waals surface area (Å²) >= 11 is 0. The Morgan fingerprint density at radius 3 is 2.34 bits per heavy atom. The Hall–Kier alpha value is -2.95. The first kappa shape index (κ1) is 22.3. The van der Waals surface area contributed by atoms with Crippen molar-refractivity contribution >= 4 is 23.2 Å². The maximum Gasteiger partial charge on any atom is 0.240 e. The SMILES string of the molecule is CCCCC/C(=N/NC(=O)CCC(=O)Nc1cc(C)ccc1C)c1ccccc1. The van der Waals surface area contributed by atoms with Crippen molar-refractivity contribution in [2.75, 3.05) is 5.32 Å². The molecule has 0 saturated carbocycles. The number of nitrogens with one attached hydrogen (secondary N) is 2. The minimum absolute atomic E-state index is 0.0945. The minimum atomic E-state index is -0.259. The Kier molecular flexibility index (Phi) is 9.09. The van der Waals surface area contributed by atoms with Crippen LogP contribution in [0.5, 0.6) is 0 Å². The van der Waals surface area contributed by atoms with E-state index < -0.39 is 0 Å². The molecule has 2 amide bonds. The van der Waals surface area contributed by atoms with Gasteiger partial charge in [-0.2, -0.15) is 5.10 Å². The Morgan fingerprint density at radius 1 is 0.897 bits per heavy atom. The molecule has 0 aliphatic carbocycles. The van der Waals surface area contributed by atoms with Gasteiger partial charge < -0.3 is 5.32 Å². The summed E-state index contributed by atoms with van der Waals surface area (Å²) in [5, 5.41) is 7.22. The molecule has 0 bridgehead atoms. The molecule has 0 aromatic heterocycles. The molecular formula is C24H31N3O2. The summed E-state index contributed by atoms with van der Waals surface area (Å²) in [6.07, 6.45) is 4.30. The zero-order valence-electron chi connectivity index (χ0n) is 17.6. The van der Waals surface area contributed by atoms with Gasteiger partial charge in [-0.15, -0.1) is 0 Å². The highest BCUT2D eigenvalue weighted by Crippen LogP contribution is 2.16. The van der Waals surface area contributed by atoms with Crippen LogP contribution in [0, 0.1) is 13.8 Å². The van der Waals surface area contributed by atoms with Crippen molar-refractivity contribution in [1.29, 1.82) is 0 Å². The number of carbonyl (C=O) groups is 2. The highest BCUT2D eigenvalue weighted by molar-refractivity contribution is 6.01. The van der Waals surface area contributed by atoms with Crippen LogP contribution in [0.1, 0.15) is 62.1 Å². The third-order valence-corrected chi connectivity index (χ3v) is 4.69. The number of hydrogen-bond acceptors (Lipinski definition) is 3. The van der Waals surface area contributed by atoms with Gasteiger partial charge in [0.1, 0.15) is 0 Å². The summed E-state index contributed by atoms with van der Waals surface area (Å²) in [5.74, 6) is -0.436. The average molecular weight is 394 g/mol. The molecule has 0 atom stereocenters. The van der Waals surface area contributed by atoms with Gasteiger partial charge in [-0.1, -0.05) is 62.2 Å². The third-order valence-electron chi connectivity index (χ3n) is 4.69. The van der Waals surface area contributed by atoms with E-state index >= 15 is 0 Å². The molecule has 0 spiro atoms. The van der Waals surface area contributed by atoms with Crippen LogP contribution < -0.4 is 10.7 Å². The van der Waals surface area contributed by atoms with E-state index in [2.05, 4.69) is 22.8 Å². The van der Waals surface area contributed by atoms with Crippen LogP contribution in [0.25, 0.3) is 0 Å². The lowest BCUT2D eigenvalue weighted by molar-refractivity contribution is -0.124. The van der Waals surface area contributed by atoms with Crippen LogP contribution in [-0.2, 0) is 9.59 Å². The summed E-state index contributed by atoms with van der Waals surface area (Å²) in [4.78, 5) is 24.4. The van der Waals surface area contributed by atoms with Crippen molar-refractivity contribution in [3.63, 3.8) is 0 Å². The fraction of sp³-hybridized carbons (Fsp3) is 0.375. The lowest BCUT2D eigenvalue weighted by Gasteiger charge is -2.09. The van der Waals surface area contributed by atoms with Gasteiger partial charge in [0.2, 0.25) is 11.8 Å². The number of amides is 2. The molecule has 2 rings (SSSR count). The molecule has 0 aliphatic heterocycles. The van der Waals surface area contributed by atoms with E-state index in [4.69, 9.17) is 0 Å². The second-order valence-electron chi connectivity index (χ2n) is 7.28. The van der Waals surface area contributed by atoms with Crippen molar-refractivity contribution < 1.29 is 9.59 Å². The number of anilines is 1. The number of benzene rings is 2. The molecule has 0 radical (unpaired) electrons. The predicted molar refractivity (Wildman–Crippen MR) is 119 cm³/mol. The summed E-state index contributed by atoms with van der Waals surface area (Å²) in [7, 11) is 0. The standard InChI is InChI=1S/C24H31N3O2/c1-4-5-7-12-21(20-10-8-6-9-11-20)26-27-24(29)16-15-23(28)25-22-17-18(2)13-14-19(22)3/h6,8-11,13-14,17H,4-5,7,12,15-16H2,1-3H3,(H,25,28)(H,27,29)/b26-21-. The number of hydrazone groups is 1. The number of nitrogens with zero attached hydrogens (tertiary/aromatic N) is 1. The molecule has 2 N–H and O–H groups in total. The van der Waals surface area contributed by atoms with E-state index in [-0.39, 0.29) is 24.7 Å². The molecule has 29 heavy (non-hydrogen) atoms. The van der Waals surface area contributed by atoms with Gasteiger partial charge in [-0.25, -0.2) is 5.43 Å². The van der Waals surface area contributed by atoms with Crippen LogP contribution in [0.2, 0.25) is 0 Å². The molecule has 0 aliphatic rings. The fourth-order valence-electron chi connectivity index (χ4n) is 2.93. The van der Waals surface area contributed by atoms with E-state index in [9.17, 15) is 9.59 Å².